The number of amides is 1. The van der Waals surface area contributed by atoms with Crippen molar-refractivity contribution in [2.24, 2.45) is 0 Å². The average Bonchev–Trinajstić information content (AvgIpc) is 3.05. The molecule has 4 nitrogen and oxygen atoms in total. The van der Waals surface area contributed by atoms with E-state index in [9.17, 15) is 4.79 Å². The lowest BCUT2D eigenvalue weighted by Gasteiger charge is -2.27. The average molecular weight is 413 g/mol. The number of hydrogen-bond acceptors (Lipinski definition) is 2. The summed E-state index contributed by atoms with van der Waals surface area (Å²) < 4.78 is 6.45. The third-order valence-corrected chi connectivity index (χ3v) is 5.77. The number of carbonyl (C=O) groups excluding carboxylic acids is 1. The van der Waals surface area contributed by atoms with Gasteiger partial charge in [0, 0.05) is 47.0 Å². The molecule has 1 amide bonds. The first kappa shape index (κ1) is 17.2. The molecule has 2 aromatic carbocycles. The van der Waals surface area contributed by atoms with Gasteiger partial charge in [0.15, 0.2) is 0 Å². The smallest absolute Gasteiger partial charge is 0.223 e. The highest BCUT2D eigenvalue weighted by molar-refractivity contribution is 9.10. The number of aromatic nitrogens is 1. The van der Waals surface area contributed by atoms with Crippen LogP contribution in [0.1, 0.15) is 23.2 Å². The number of carbonyl (C=O) groups is 1. The first-order valence-corrected chi connectivity index (χ1v) is 9.64. The van der Waals surface area contributed by atoms with Crippen LogP contribution < -0.4 is 4.74 Å². The lowest BCUT2D eigenvalue weighted by atomic mass is 10.0. The van der Waals surface area contributed by atoms with Crippen LogP contribution in [-0.4, -0.2) is 29.4 Å². The van der Waals surface area contributed by atoms with Gasteiger partial charge in [-0.1, -0.05) is 30.3 Å². The Morgan fingerprint density at radius 1 is 1.23 bits per heavy atom. The van der Waals surface area contributed by atoms with Gasteiger partial charge in [-0.25, -0.2) is 0 Å². The van der Waals surface area contributed by atoms with Gasteiger partial charge in [0.05, 0.1) is 12.6 Å². The van der Waals surface area contributed by atoms with E-state index in [1.165, 1.54) is 16.6 Å². The maximum atomic E-state index is 12.8. The molecular weight excluding hydrogens is 392 g/mol. The van der Waals surface area contributed by atoms with E-state index < -0.39 is 0 Å². The Kier molecular flexibility index (Phi) is 4.72. The fourth-order valence-electron chi connectivity index (χ4n) is 3.72. The largest absolute Gasteiger partial charge is 0.496 e. The molecule has 1 aromatic heterocycles. The molecule has 0 fully saturated rings. The predicted octanol–water partition coefficient (Wildman–Crippen LogP) is 4.46. The van der Waals surface area contributed by atoms with Crippen molar-refractivity contribution in [3.8, 4) is 5.75 Å². The summed E-state index contributed by atoms with van der Waals surface area (Å²) in [6.45, 7) is 1.44. The molecule has 134 valence electrons. The minimum atomic E-state index is 0.200. The maximum absolute atomic E-state index is 12.8. The van der Waals surface area contributed by atoms with Crippen molar-refractivity contribution in [2.75, 3.05) is 13.7 Å². The van der Waals surface area contributed by atoms with Crippen molar-refractivity contribution >= 4 is 32.7 Å². The van der Waals surface area contributed by atoms with E-state index in [1.54, 1.807) is 7.11 Å². The fourth-order valence-corrected chi connectivity index (χ4v) is 4.19. The summed E-state index contributed by atoms with van der Waals surface area (Å²) >= 11 is 3.61. The molecule has 1 N–H and O–H groups in total. The highest BCUT2D eigenvalue weighted by Crippen LogP contribution is 2.32. The number of fused-ring (bicyclic) bond motifs is 3. The second kappa shape index (κ2) is 7.16. The zero-order valence-electron chi connectivity index (χ0n) is 14.7. The van der Waals surface area contributed by atoms with Gasteiger partial charge >= 0.3 is 0 Å². The van der Waals surface area contributed by atoms with Gasteiger partial charge in [-0.2, -0.15) is 0 Å². The number of ether oxygens (including phenoxy) is 1. The van der Waals surface area contributed by atoms with Crippen LogP contribution >= 0.6 is 15.9 Å². The van der Waals surface area contributed by atoms with Gasteiger partial charge < -0.3 is 14.6 Å². The maximum Gasteiger partial charge on any atom is 0.223 e. The summed E-state index contributed by atoms with van der Waals surface area (Å²) in [5, 5.41) is 1.21. The molecule has 2 heterocycles. The first-order chi connectivity index (χ1) is 12.7. The zero-order chi connectivity index (χ0) is 18.1. The van der Waals surface area contributed by atoms with E-state index >= 15 is 0 Å². The number of methoxy groups -OCH3 is 1. The number of H-pyrrole nitrogens is 1. The highest BCUT2D eigenvalue weighted by atomic mass is 79.9. The Morgan fingerprint density at radius 3 is 2.92 bits per heavy atom. The molecule has 0 atom stereocenters. The summed E-state index contributed by atoms with van der Waals surface area (Å²) in [5.41, 5.74) is 4.71. The van der Waals surface area contributed by atoms with Gasteiger partial charge in [-0.3, -0.25) is 4.79 Å². The molecule has 3 aromatic rings. The number of benzene rings is 2. The molecule has 26 heavy (non-hydrogen) atoms. The molecule has 5 heteroatoms. The Hall–Kier alpha value is -2.27. The molecule has 4 rings (SSSR count). The van der Waals surface area contributed by atoms with Gasteiger partial charge in [0.1, 0.15) is 5.75 Å². The predicted molar refractivity (Wildman–Crippen MR) is 106 cm³/mol. The quantitative estimate of drug-likeness (QED) is 0.687. The van der Waals surface area contributed by atoms with Crippen LogP contribution in [0.2, 0.25) is 0 Å². The highest BCUT2D eigenvalue weighted by Gasteiger charge is 2.24. The minimum absolute atomic E-state index is 0.200. The van der Waals surface area contributed by atoms with Crippen molar-refractivity contribution in [3.63, 3.8) is 0 Å². The lowest BCUT2D eigenvalue weighted by Crippen LogP contribution is -2.35. The van der Waals surface area contributed by atoms with Crippen LogP contribution in [0.5, 0.6) is 5.75 Å². The number of halogens is 1. The molecule has 0 aliphatic carbocycles. The summed E-state index contributed by atoms with van der Waals surface area (Å²) in [5.74, 6) is 1.05. The summed E-state index contributed by atoms with van der Waals surface area (Å²) in [4.78, 5) is 18.3. The van der Waals surface area contributed by atoms with Crippen LogP contribution in [0.25, 0.3) is 10.9 Å². The fraction of sp³-hybridized carbons (Fsp3) is 0.286. The van der Waals surface area contributed by atoms with E-state index in [4.69, 9.17) is 4.74 Å². The van der Waals surface area contributed by atoms with Crippen LogP contribution in [0.15, 0.2) is 46.9 Å². The number of hydrogen-bond donors (Lipinski definition) is 1. The topological polar surface area (TPSA) is 45.3 Å². The molecule has 0 unspecified atom stereocenters. The molecule has 1 aliphatic heterocycles. The van der Waals surface area contributed by atoms with E-state index in [1.807, 2.05) is 41.3 Å². The van der Waals surface area contributed by atoms with E-state index in [0.29, 0.717) is 19.4 Å². The van der Waals surface area contributed by atoms with E-state index in [-0.39, 0.29) is 5.91 Å². The summed E-state index contributed by atoms with van der Waals surface area (Å²) in [6.07, 6.45) is 2.07. The van der Waals surface area contributed by atoms with Crippen LogP contribution in [0.3, 0.4) is 0 Å². The summed E-state index contributed by atoms with van der Waals surface area (Å²) in [7, 11) is 1.67. The number of para-hydroxylation sites is 2. The SMILES string of the molecule is COc1ccccc1CCC(=O)N1CCc2[nH]c3c(Br)cccc3c2C1. The molecule has 0 saturated carbocycles. The number of aryl methyl sites for hydroxylation is 1. The molecule has 0 saturated heterocycles. The first-order valence-electron chi connectivity index (χ1n) is 8.85. The van der Waals surface area contributed by atoms with Crippen molar-refractivity contribution in [3.05, 3.63) is 63.8 Å². The second-order valence-electron chi connectivity index (χ2n) is 6.62. The summed E-state index contributed by atoms with van der Waals surface area (Å²) in [6, 6.07) is 14.1. The number of nitrogens with one attached hydrogen (secondary N) is 1. The van der Waals surface area contributed by atoms with Crippen LogP contribution in [-0.2, 0) is 24.2 Å². The molecule has 0 spiro atoms. The van der Waals surface area contributed by atoms with E-state index in [0.717, 1.165) is 34.3 Å². The molecule has 0 radical (unpaired) electrons. The Morgan fingerprint density at radius 2 is 2.08 bits per heavy atom. The molecular formula is C21H21BrN2O2. The minimum Gasteiger partial charge on any atom is -0.496 e. The third-order valence-electron chi connectivity index (χ3n) is 5.11. The third kappa shape index (κ3) is 3.12. The number of aromatic amines is 1. The number of rotatable bonds is 4. The standard InChI is InChI=1S/C21H21BrN2O2/c1-26-19-8-3-2-5-14(19)9-10-20(25)24-12-11-18-16(13-24)15-6-4-7-17(22)21(15)23-18/h2-8,23H,9-13H2,1H3. The van der Waals surface area contributed by atoms with Crippen molar-refractivity contribution < 1.29 is 9.53 Å². The van der Waals surface area contributed by atoms with Crippen molar-refractivity contribution in [1.82, 2.24) is 9.88 Å². The normalized spacial score (nSPS) is 13.7. The van der Waals surface area contributed by atoms with E-state index in [2.05, 4.69) is 27.0 Å². The van der Waals surface area contributed by atoms with Gasteiger partial charge in [0.25, 0.3) is 0 Å². The Balaban J connectivity index is 1.49. The number of nitrogens with zero attached hydrogens (tertiary/aromatic N) is 1. The van der Waals surface area contributed by atoms with Crippen LogP contribution in [0.4, 0.5) is 0 Å². The van der Waals surface area contributed by atoms with Gasteiger partial charge in [0.2, 0.25) is 5.91 Å². The Labute approximate surface area is 161 Å². The van der Waals surface area contributed by atoms with Crippen molar-refractivity contribution in [1.29, 1.82) is 0 Å². The Bertz CT molecular complexity index is 964. The molecule has 0 bridgehead atoms. The van der Waals surface area contributed by atoms with Crippen LogP contribution in [0, 0.1) is 0 Å². The lowest BCUT2D eigenvalue weighted by molar-refractivity contribution is -0.132. The van der Waals surface area contributed by atoms with Gasteiger partial charge in [-0.15, -0.1) is 0 Å². The van der Waals surface area contributed by atoms with Crippen molar-refractivity contribution in [2.45, 2.75) is 25.8 Å². The monoisotopic (exact) mass is 412 g/mol. The zero-order valence-corrected chi connectivity index (χ0v) is 16.3. The molecule has 1 aliphatic rings. The second-order valence-corrected chi connectivity index (χ2v) is 7.48. The van der Waals surface area contributed by atoms with Gasteiger partial charge in [-0.05, 0) is 40.0 Å².